The van der Waals surface area contributed by atoms with Gasteiger partial charge in [0.15, 0.2) is 5.22 Å². The molecule has 2 aromatic carbocycles. The lowest BCUT2D eigenvalue weighted by molar-refractivity contribution is -0.164. The van der Waals surface area contributed by atoms with Gasteiger partial charge in [-0.1, -0.05) is 74.2 Å². The van der Waals surface area contributed by atoms with E-state index in [1.54, 1.807) is 0 Å². The first kappa shape index (κ1) is 16.0. The number of benzene rings is 2. The van der Waals surface area contributed by atoms with Crippen molar-refractivity contribution in [1.29, 1.82) is 0 Å². The SMILES string of the molecule is C[Si](C)(C)[C@]1(C(=O)OCc2ccccc2)OCc2ccccc21. The van der Waals surface area contributed by atoms with Crippen LogP contribution >= 0.6 is 0 Å². The van der Waals surface area contributed by atoms with Crippen molar-refractivity contribution < 1.29 is 14.3 Å². The molecule has 0 amide bonds. The third-order valence-corrected chi connectivity index (χ3v) is 7.13. The molecule has 0 N–H and O–H groups in total. The second kappa shape index (κ2) is 5.94. The maximum absolute atomic E-state index is 13.0. The molecule has 3 rings (SSSR count). The van der Waals surface area contributed by atoms with Gasteiger partial charge < -0.3 is 9.47 Å². The Balaban J connectivity index is 1.91. The Bertz CT molecular complexity index is 706. The largest absolute Gasteiger partial charge is 0.459 e. The van der Waals surface area contributed by atoms with E-state index in [-0.39, 0.29) is 12.6 Å². The van der Waals surface area contributed by atoms with Crippen LogP contribution in [0.2, 0.25) is 19.6 Å². The first-order valence-corrected chi connectivity index (χ1v) is 11.4. The Morgan fingerprint density at radius 1 is 1.09 bits per heavy atom. The molecule has 4 heteroatoms. The van der Waals surface area contributed by atoms with Gasteiger partial charge in [0, 0.05) is 0 Å². The molecule has 1 heterocycles. The average molecular weight is 326 g/mol. The van der Waals surface area contributed by atoms with E-state index in [0.29, 0.717) is 6.61 Å². The fraction of sp³-hybridized carbons (Fsp3) is 0.316. The summed E-state index contributed by atoms with van der Waals surface area (Å²) in [4.78, 5) is 13.0. The molecule has 0 unspecified atom stereocenters. The molecule has 0 aliphatic carbocycles. The van der Waals surface area contributed by atoms with Crippen molar-refractivity contribution in [2.24, 2.45) is 0 Å². The van der Waals surface area contributed by atoms with Crippen molar-refractivity contribution in [1.82, 2.24) is 0 Å². The number of hydrogen-bond donors (Lipinski definition) is 0. The Morgan fingerprint density at radius 3 is 2.43 bits per heavy atom. The summed E-state index contributed by atoms with van der Waals surface area (Å²) in [6.45, 7) is 7.20. The minimum absolute atomic E-state index is 0.259. The van der Waals surface area contributed by atoms with Crippen LogP contribution in [0.1, 0.15) is 16.7 Å². The molecule has 2 aromatic rings. The van der Waals surface area contributed by atoms with E-state index in [9.17, 15) is 4.79 Å². The monoisotopic (exact) mass is 326 g/mol. The molecule has 0 saturated heterocycles. The van der Waals surface area contributed by atoms with Crippen molar-refractivity contribution in [2.45, 2.75) is 38.1 Å². The summed E-state index contributed by atoms with van der Waals surface area (Å²) in [7, 11) is -2.02. The van der Waals surface area contributed by atoms with Crippen molar-refractivity contribution in [3.8, 4) is 0 Å². The Morgan fingerprint density at radius 2 is 1.74 bits per heavy atom. The van der Waals surface area contributed by atoms with E-state index in [1.807, 2.05) is 54.6 Å². The highest BCUT2D eigenvalue weighted by Crippen LogP contribution is 2.44. The number of carbonyl (C=O) groups is 1. The van der Waals surface area contributed by atoms with Crippen LogP contribution < -0.4 is 0 Å². The van der Waals surface area contributed by atoms with E-state index >= 15 is 0 Å². The molecule has 120 valence electrons. The molecular weight excluding hydrogens is 304 g/mol. The highest BCUT2D eigenvalue weighted by atomic mass is 28.3. The zero-order valence-electron chi connectivity index (χ0n) is 13.8. The quantitative estimate of drug-likeness (QED) is 0.628. The van der Waals surface area contributed by atoms with Gasteiger partial charge in [0.1, 0.15) is 14.7 Å². The van der Waals surface area contributed by atoms with Crippen LogP contribution in [0.5, 0.6) is 0 Å². The Hall–Kier alpha value is -1.91. The zero-order valence-corrected chi connectivity index (χ0v) is 14.8. The number of carbonyl (C=O) groups excluding carboxylic acids is 1. The molecule has 3 nitrogen and oxygen atoms in total. The van der Waals surface area contributed by atoms with Crippen molar-refractivity contribution in [3.05, 3.63) is 71.3 Å². The van der Waals surface area contributed by atoms with E-state index in [1.165, 1.54) is 0 Å². The molecule has 0 aromatic heterocycles. The fourth-order valence-electron chi connectivity index (χ4n) is 3.17. The van der Waals surface area contributed by atoms with Gasteiger partial charge in [0.25, 0.3) is 0 Å². The summed E-state index contributed by atoms with van der Waals surface area (Å²) >= 11 is 0. The van der Waals surface area contributed by atoms with Crippen LogP contribution in [0.15, 0.2) is 54.6 Å². The minimum atomic E-state index is -2.02. The lowest BCUT2D eigenvalue weighted by atomic mass is 10.1. The molecule has 1 aliphatic heterocycles. The molecule has 1 aliphatic rings. The molecule has 1 atom stereocenters. The summed E-state index contributed by atoms with van der Waals surface area (Å²) in [5.74, 6) is -0.259. The maximum Gasteiger partial charge on any atom is 0.339 e. The van der Waals surface area contributed by atoms with Gasteiger partial charge in [-0.25, -0.2) is 4.79 Å². The highest BCUT2D eigenvalue weighted by Gasteiger charge is 2.57. The Kier molecular flexibility index (Phi) is 4.13. The number of ether oxygens (including phenoxy) is 2. The lowest BCUT2D eigenvalue weighted by Crippen LogP contribution is -2.55. The zero-order chi connectivity index (χ0) is 16.5. The van der Waals surface area contributed by atoms with Crippen LogP contribution in [-0.2, 0) is 32.7 Å². The van der Waals surface area contributed by atoms with Crippen molar-refractivity contribution >= 4 is 14.0 Å². The van der Waals surface area contributed by atoms with Crippen molar-refractivity contribution in [3.63, 3.8) is 0 Å². The van der Waals surface area contributed by atoms with E-state index in [0.717, 1.165) is 16.7 Å². The van der Waals surface area contributed by atoms with Gasteiger partial charge in [-0.2, -0.15) is 0 Å². The van der Waals surface area contributed by atoms with Crippen LogP contribution in [0.4, 0.5) is 0 Å². The van der Waals surface area contributed by atoms with Gasteiger partial charge >= 0.3 is 5.97 Å². The third-order valence-electron chi connectivity index (χ3n) is 4.40. The smallest absolute Gasteiger partial charge is 0.339 e. The van der Waals surface area contributed by atoms with Crippen LogP contribution in [-0.4, -0.2) is 14.0 Å². The molecule has 0 saturated carbocycles. The third kappa shape index (κ3) is 2.73. The van der Waals surface area contributed by atoms with Crippen LogP contribution in [0, 0.1) is 0 Å². The Labute approximate surface area is 138 Å². The molecule has 0 bridgehead atoms. The van der Waals surface area contributed by atoms with E-state index < -0.39 is 13.3 Å². The van der Waals surface area contributed by atoms with E-state index in [4.69, 9.17) is 9.47 Å². The summed E-state index contributed by atoms with van der Waals surface area (Å²) < 4.78 is 11.8. The van der Waals surface area contributed by atoms with Crippen molar-refractivity contribution in [2.75, 3.05) is 0 Å². The molecular formula is C19H22O3Si. The molecule has 23 heavy (non-hydrogen) atoms. The number of rotatable bonds is 4. The summed E-state index contributed by atoms with van der Waals surface area (Å²) in [5.41, 5.74) is 3.06. The van der Waals surface area contributed by atoms with Gasteiger partial charge in [-0.3, -0.25) is 0 Å². The molecule has 0 fully saturated rings. The first-order valence-electron chi connectivity index (χ1n) is 7.88. The summed E-state index contributed by atoms with van der Waals surface area (Å²) in [6.07, 6.45) is 0. The predicted molar refractivity (Wildman–Crippen MR) is 92.5 cm³/mol. The summed E-state index contributed by atoms with van der Waals surface area (Å²) in [5, 5.41) is -0.918. The standard InChI is InChI=1S/C19H22O3Si/c1-23(2,3)19(17-12-8-7-11-16(17)14-22-19)18(20)21-13-15-9-5-4-6-10-15/h4-12H,13-14H2,1-3H3/t19-/m1/s1. The topological polar surface area (TPSA) is 35.5 Å². The normalized spacial score (nSPS) is 20.1. The number of hydrogen-bond acceptors (Lipinski definition) is 3. The number of fused-ring (bicyclic) bond motifs is 1. The highest BCUT2D eigenvalue weighted by molar-refractivity contribution is 6.81. The van der Waals surface area contributed by atoms with Gasteiger partial charge in [-0.05, 0) is 16.7 Å². The summed E-state index contributed by atoms with van der Waals surface area (Å²) in [6, 6.07) is 17.7. The average Bonchev–Trinajstić information content (AvgIpc) is 2.94. The molecule has 0 radical (unpaired) electrons. The van der Waals surface area contributed by atoms with Gasteiger partial charge in [0.05, 0.1) is 6.61 Å². The number of esters is 1. The van der Waals surface area contributed by atoms with Gasteiger partial charge in [-0.15, -0.1) is 0 Å². The van der Waals surface area contributed by atoms with Gasteiger partial charge in [0.2, 0.25) is 0 Å². The van der Waals surface area contributed by atoms with Crippen LogP contribution in [0.25, 0.3) is 0 Å². The van der Waals surface area contributed by atoms with Crippen LogP contribution in [0.3, 0.4) is 0 Å². The first-order chi connectivity index (χ1) is 10.9. The lowest BCUT2D eigenvalue weighted by Gasteiger charge is -2.37. The molecule has 0 spiro atoms. The maximum atomic E-state index is 13.0. The predicted octanol–water partition coefficient (Wildman–Crippen LogP) is 4.03. The minimum Gasteiger partial charge on any atom is -0.459 e. The second-order valence-corrected chi connectivity index (χ2v) is 12.1. The fourth-order valence-corrected chi connectivity index (χ4v) is 5.42. The van der Waals surface area contributed by atoms with E-state index in [2.05, 4.69) is 19.6 Å². The second-order valence-electron chi connectivity index (χ2n) is 6.94.